The van der Waals surface area contributed by atoms with E-state index in [0.29, 0.717) is 42.6 Å². The van der Waals surface area contributed by atoms with E-state index in [2.05, 4.69) is 56.3 Å². The van der Waals surface area contributed by atoms with Crippen molar-refractivity contribution in [1.29, 1.82) is 5.26 Å². The lowest BCUT2D eigenvalue weighted by Gasteiger charge is -2.15. The van der Waals surface area contributed by atoms with Gasteiger partial charge in [0.15, 0.2) is 0 Å². The van der Waals surface area contributed by atoms with Gasteiger partial charge in [-0.1, -0.05) is 29.4 Å². The van der Waals surface area contributed by atoms with Crippen molar-refractivity contribution in [3.63, 3.8) is 0 Å². The van der Waals surface area contributed by atoms with E-state index in [0.717, 1.165) is 70.6 Å². The van der Waals surface area contributed by atoms with Crippen LogP contribution in [-0.4, -0.2) is 64.8 Å². The van der Waals surface area contributed by atoms with Gasteiger partial charge in [-0.15, -0.1) is 5.10 Å². The fourth-order valence-corrected chi connectivity index (χ4v) is 5.46. The molecule has 0 saturated carbocycles. The van der Waals surface area contributed by atoms with Crippen LogP contribution in [0.1, 0.15) is 40.7 Å². The summed E-state index contributed by atoms with van der Waals surface area (Å²) in [5, 5.41) is 45.7. The topological polar surface area (TPSA) is 171 Å². The summed E-state index contributed by atoms with van der Waals surface area (Å²) in [6, 6.07) is 21.8. The summed E-state index contributed by atoms with van der Waals surface area (Å²) in [7, 11) is 0. The molecule has 2 heterocycles. The quantitative estimate of drug-likeness (QED) is 0.0703. The highest BCUT2D eigenvalue weighted by atomic mass is 16.5. The highest BCUT2D eigenvalue weighted by Crippen LogP contribution is 2.36. The number of pyridine rings is 1. The third kappa shape index (κ3) is 9.87. The summed E-state index contributed by atoms with van der Waals surface area (Å²) in [5.74, 6) is 1.82. The van der Waals surface area contributed by atoms with Crippen molar-refractivity contribution in [2.24, 2.45) is 0 Å². The number of aliphatic hydroxyl groups is 2. The van der Waals surface area contributed by atoms with Gasteiger partial charge in [0.1, 0.15) is 24.2 Å². The number of hydrogen-bond acceptors (Lipinski definition) is 12. The van der Waals surface area contributed by atoms with E-state index in [4.69, 9.17) is 19.0 Å². The number of ether oxygens (including phenoxy) is 2. The zero-order chi connectivity index (χ0) is 35.1. The number of hydrogen-bond donors (Lipinski definition) is 5. The van der Waals surface area contributed by atoms with E-state index >= 15 is 0 Å². The molecule has 260 valence electrons. The number of anilines is 2. The van der Waals surface area contributed by atoms with Crippen LogP contribution in [0.2, 0.25) is 0 Å². The van der Waals surface area contributed by atoms with Crippen LogP contribution in [0.3, 0.4) is 0 Å². The molecule has 0 bridgehead atoms. The molecule has 0 saturated heterocycles. The number of rotatable bonds is 19. The minimum Gasteiger partial charge on any atom is -0.493 e. The van der Waals surface area contributed by atoms with Gasteiger partial charge in [-0.05, 0) is 97.9 Å². The normalized spacial score (nSPS) is 10.9. The molecule has 5 aromatic rings. The standard InChI is InChI=1S/C38H43N7O5/c1-26-33(34-8-4-10-36(27(34)2)48-16-6-12-40-11-5-14-46)7-3-9-35(26)37-44-45-38(50-37)43-31-18-28(22-41-13-15-47)19-32(20-31)49-25-30-17-29(21-39)23-42-24-30/h3-4,7-10,17-20,23-24,40-41,46-47H,5-6,11-16,22,25H2,1-2H3,(H,43,45). The number of nitrogens with zero attached hydrogens (tertiary/aromatic N) is 4. The van der Waals surface area contributed by atoms with Crippen molar-refractivity contribution in [2.45, 2.75) is 39.8 Å². The van der Waals surface area contributed by atoms with Crippen LogP contribution in [0.4, 0.5) is 11.7 Å². The van der Waals surface area contributed by atoms with Gasteiger partial charge in [0.25, 0.3) is 0 Å². The van der Waals surface area contributed by atoms with E-state index in [1.54, 1.807) is 12.3 Å². The second-order valence-electron chi connectivity index (χ2n) is 11.7. The largest absolute Gasteiger partial charge is 0.493 e. The Morgan fingerprint density at radius 3 is 2.42 bits per heavy atom. The molecule has 0 spiro atoms. The van der Waals surface area contributed by atoms with Crippen LogP contribution in [0, 0.1) is 25.2 Å². The highest BCUT2D eigenvalue weighted by molar-refractivity contribution is 5.78. The zero-order valence-electron chi connectivity index (χ0n) is 28.4. The Hall–Kier alpha value is -5.32. The number of aliphatic hydroxyl groups excluding tert-OH is 2. The molecule has 12 nitrogen and oxygen atoms in total. The van der Waals surface area contributed by atoms with Crippen LogP contribution >= 0.6 is 0 Å². The summed E-state index contributed by atoms with van der Waals surface area (Å²) in [6.07, 6.45) is 4.79. The lowest BCUT2D eigenvalue weighted by atomic mass is 9.93. The van der Waals surface area contributed by atoms with E-state index in [-0.39, 0.29) is 25.8 Å². The van der Waals surface area contributed by atoms with E-state index in [9.17, 15) is 10.4 Å². The van der Waals surface area contributed by atoms with Crippen LogP contribution < -0.4 is 25.4 Å². The predicted octanol–water partition coefficient (Wildman–Crippen LogP) is 5.43. The van der Waals surface area contributed by atoms with Crippen molar-refractivity contribution in [2.75, 3.05) is 44.8 Å². The van der Waals surface area contributed by atoms with Crippen LogP contribution in [-0.2, 0) is 13.2 Å². The van der Waals surface area contributed by atoms with Crippen molar-refractivity contribution < 1.29 is 24.1 Å². The minimum absolute atomic E-state index is 0.0267. The van der Waals surface area contributed by atoms with Crippen molar-refractivity contribution in [1.82, 2.24) is 25.8 Å². The Bertz CT molecular complexity index is 1890. The summed E-state index contributed by atoms with van der Waals surface area (Å²) in [6.45, 7) is 7.74. The second kappa shape index (κ2) is 18.4. The maximum Gasteiger partial charge on any atom is 0.320 e. The van der Waals surface area contributed by atoms with E-state index in [1.165, 1.54) is 6.20 Å². The lowest BCUT2D eigenvalue weighted by Crippen LogP contribution is -2.19. The maximum atomic E-state index is 9.22. The number of aromatic nitrogens is 3. The first kappa shape index (κ1) is 36.0. The van der Waals surface area contributed by atoms with Gasteiger partial charge in [0.2, 0.25) is 5.89 Å². The van der Waals surface area contributed by atoms with Gasteiger partial charge in [-0.2, -0.15) is 5.26 Å². The van der Waals surface area contributed by atoms with Crippen molar-refractivity contribution in [3.8, 4) is 40.1 Å². The Balaban J connectivity index is 1.30. The Morgan fingerprint density at radius 2 is 1.60 bits per heavy atom. The molecule has 12 heteroatoms. The molecule has 0 atom stereocenters. The third-order valence-electron chi connectivity index (χ3n) is 8.00. The molecule has 50 heavy (non-hydrogen) atoms. The monoisotopic (exact) mass is 677 g/mol. The fraction of sp³-hybridized carbons (Fsp3) is 0.316. The highest BCUT2D eigenvalue weighted by Gasteiger charge is 2.17. The number of nitriles is 1. The average Bonchev–Trinajstić information content (AvgIpc) is 3.59. The molecule has 5 rings (SSSR count). The van der Waals surface area contributed by atoms with Crippen LogP contribution in [0.5, 0.6) is 11.5 Å². The summed E-state index contributed by atoms with van der Waals surface area (Å²) < 4.78 is 18.3. The molecular formula is C38H43N7O5. The van der Waals surface area contributed by atoms with Gasteiger partial charge in [0.05, 0.1) is 18.8 Å². The van der Waals surface area contributed by atoms with Crippen molar-refractivity contribution >= 4 is 11.7 Å². The van der Waals surface area contributed by atoms with Gasteiger partial charge in [-0.25, -0.2) is 0 Å². The molecule has 0 radical (unpaired) electrons. The molecule has 3 aromatic carbocycles. The molecule has 5 N–H and O–H groups in total. The SMILES string of the molecule is Cc1c(OCCCNCCCO)cccc1-c1cccc(-c2nnc(Nc3cc(CNCCO)cc(OCc4cncc(C#N)c4)c3)o2)c1C. The van der Waals surface area contributed by atoms with Crippen molar-refractivity contribution in [3.05, 3.63) is 101 Å². The minimum atomic E-state index is 0.0267. The van der Waals surface area contributed by atoms with Gasteiger partial charge in [-0.3, -0.25) is 4.98 Å². The molecule has 0 aliphatic heterocycles. The van der Waals surface area contributed by atoms with E-state index in [1.807, 2.05) is 49.4 Å². The maximum absolute atomic E-state index is 9.22. The Kier molecular flexibility index (Phi) is 13.3. The second-order valence-corrected chi connectivity index (χ2v) is 11.7. The summed E-state index contributed by atoms with van der Waals surface area (Å²) in [4.78, 5) is 4.11. The van der Waals surface area contributed by atoms with Crippen LogP contribution in [0.15, 0.2) is 77.5 Å². The third-order valence-corrected chi connectivity index (χ3v) is 8.00. The van der Waals surface area contributed by atoms with E-state index < -0.39 is 0 Å². The average molecular weight is 678 g/mol. The molecule has 0 aliphatic rings. The Morgan fingerprint density at radius 1 is 0.800 bits per heavy atom. The first-order chi connectivity index (χ1) is 24.5. The predicted molar refractivity (Wildman–Crippen MR) is 191 cm³/mol. The molecule has 0 fully saturated rings. The summed E-state index contributed by atoms with van der Waals surface area (Å²) >= 11 is 0. The van der Waals surface area contributed by atoms with Gasteiger partial charge >= 0.3 is 6.01 Å². The lowest BCUT2D eigenvalue weighted by molar-refractivity contribution is 0.282. The first-order valence-electron chi connectivity index (χ1n) is 16.7. The molecule has 0 amide bonds. The Labute approximate surface area is 292 Å². The first-order valence-corrected chi connectivity index (χ1v) is 16.7. The molecule has 2 aromatic heterocycles. The fourth-order valence-electron chi connectivity index (χ4n) is 5.46. The van der Waals surface area contributed by atoms with Gasteiger partial charge in [0, 0.05) is 55.0 Å². The summed E-state index contributed by atoms with van der Waals surface area (Å²) in [5.41, 5.74) is 7.82. The van der Waals surface area contributed by atoms with Crippen LogP contribution in [0.25, 0.3) is 22.6 Å². The smallest absolute Gasteiger partial charge is 0.320 e. The van der Waals surface area contributed by atoms with Gasteiger partial charge < -0.3 is 40.1 Å². The molecular weight excluding hydrogens is 634 g/mol. The number of nitrogens with one attached hydrogen (secondary N) is 3. The molecule has 0 aliphatic carbocycles. The number of benzene rings is 3. The zero-order valence-corrected chi connectivity index (χ0v) is 28.4. The molecule has 0 unspecified atom stereocenters.